The number of halogens is 1. The van der Waals surface area contributed by atoms with Gasteiger partial charge in [-0.05, 0) is 76.0 Å². The van der Waals surface area contributed by atoms with Crippen molar-refractivity contribution in [2.45, 2.75) is 99.9 Å². The normalized spacial score (nSPS) is 40.1. The number of carbonyl (C=O) groups is 2. The third-order valence-corrected chi connectivity index (χ3v) is 9.45. The molecule has 3 amide bonds. The van der Waals surface area contributed by atoms with Gasteiger partial charge >= 0.3 is 6.03 Å². The minimum atomic E-state index is -0.136. The van der Waals surface area contributed by atoms with E-state index < -0.39 is 0 Å². The number of nitrogens with zero attached hydrogens (tertiary/aromatic N) is 1. The standard InChI is InChI=1S/C23H36BrN3O2/c24-23-13-16-10-17(14-23)12-22(11-16,15-23)20(28)25-19-6-8-27(9-7-19)21(29)26-18-4-2-1-3-5-18/h16-19H,1-15H2,(H,25,28)(H,26,29). The fraction of sp³-hybridized carbons (Fsp3) is 0.913. The maximum Gasteiger partial charge on any atom is 0.317 e. The van der Waals surface area contributed by atoms with Gasteiger partial charge < -0.3 is 15.5 Å². The van der Waals surface area contributed by atoms with Crippen LogP contribution in [0.4, 0.5) is 4.79 Å². The number of alkyl halides is 1. The van der Waals surface area contributed by atoms with Crippen LogP contribution in [0.3, 0.4) is 0 Å². The Hall–Kier alpha value is -0.780. The molecule has 0 spiro atoms. The summed E-state index contributed by atoms with van der Waals surface area (Å²) in [5, 5.41) is 6.65. The first-order valence-corrected chi connectivity index (χ1v) is 12.8. The second kappa shape index (κ2) is 7.72. The van der Waals surface area contributed by atoms with Gasteiger partial charge in [0.1, 0.15) is 0 Å². The molecule has 0 radical (unpaired) electrons. The van der Waals surface area contributed by atoms with Crippen molar-refractivity contribution >= 4 is 27.9 Å². The Balaban J connectivity index is 1.12. The van der Waals surface area contributed by atoms with E-state index >= 15 is 0 Å². The first kappa shape index (κ1) is 20.1. The number of piperidine rings is 1. The third kappa shape index (κ3) is 4.07. The summed E-state index contributed by atoms with van der Waals surface area (Å²) in [5.41, 5.74) is -0.136. The molecule has 6 fully saturated rings. The monoisotopic (exact) mass is 465 g/mol. The molecule has 0 aromatic rings. The van der Waals surface area contributed by atoms with Crippen molar-refractivity contribution in [3.8, 4) is 0 Å². The van der Waals surface area contributed by atoms with Crippen LogP contribution in [0.2, 0.25) is 0 Å². The zero-order valence-corrected chi connectivity index (χ0v) is 19.1. The van der Waals surface area contributed by atoms with E-state index in [2.05, 4.69) is 26.6 Å². The Labute approximate surface area is 183 Å². The summed E-state index contributed by atoms with van der Waals surface area (Å²) < 4.78 is 0.217. The molecule has 2 N–H and O–H groups in total. The van der Waals surface area contributed by atoms with Gasteiger partial charge in [-0.25, -0.2) is 4.79 Å². The van der Waals surface area contributed by atoms with Crippen molar-refractivity contribution in [3.05, 3.63) is 0 Å². The molecule has 29 heavy (non-hydrogen) atoms. The second-order valence-corrected chi connectivity index (χ2v) is 12.6. The molecule has 6 heteroatoms. The quantitative estimate of drug-likeness (QED) is 0.608. The Morgan fingerprint density at radius 1 is 0.828 bits per heavy atom. The van der Waals surface area contributed by atoms with Crippen LogP contribution >= 0.6 is 15.9 Å². The molecule has 2 unspecified atom stereocenters. The van der Waals surface area contributed by atoms with E-state index in [0.29, 0.717) is 11.9 Å². The molecule has 162 valence electrons. The Bertz CT molecular complexity index is 641. The average molecular weight is 466 g/mol. The lowest BCUT2D eigenvalue weighted by Crippen LogP contribution is -2.60. The van der Waals surface area contributed by atoms with Crippen molar-refractivity contribution in [1.82, 2.24) is 15.5 Å². The van der Waals surface area contributed by atoms with E-state index in [4.69, 9.17) is 0 Å². The van der Waals surface area contributed by atoms with Crippen molar-refractivity contribution in [1.29, 1.82) is 0 Å². The first-order chi connectivity index (χ1) is 13.9. The summed E-state index contributed by atoms with van der Waals surface area (Å²) in [4.78, 5) is 27.9. The zero-order chi connectivity index (χ0) is 20.1. The Kier molecular flexibility index (Phi) is 5.36. The van der Waals surface area contributed by atoms with Crippen molar-refractivity contribution in [3.63, 3.8) is 0 Å². The van der Waals surface area contributed by atoms with Crippen LogP contribution in [0, 0.1) is 17.3 Å². The molecule has 6 aliphatic rings. The van der Waals surface area contributed by atoms with Crippen LogP contribution in [0.15, 0.2) is 0 Å². The lowest BCUT2D eigenvalue weighted by atomic mass is 9.49. The van der Waals surface area contributed by atoms with Crippen LogP contribution in [-0.4, -0.2) is 46.3 Å². The fourth-order valence-corrected chi connectivity index (χ4v) is 8.95. The van der Waals surface area contributed by atoms with Gasteiger partial charge in [-0.3, -0.25) is 4.79 Å². The van der Waals surface area contributed by atoms with E-state index in [0.717, 1.165) is 69.9 Å². The SMILES string of the molecule is O=C(NC1CCCCC1)N1CCC(NC(=O)C23CC4CC(CC(Br)(C4)C2)C3)CC1. The molecule has 0 aromatic heterocycles. The minimum absolute atomic E-state index is 0.101. The van der Waals surface area contributed by atoms with Gasteiger partial charge in [0.05, 0.1) is 5.41 Å². The molecule has 1 heterocycles. The van der Waals surface area contributed by atoms with Gasteiger partial charge in [-0.1, -0.05) is 35.2 Å². The summed E-state index contributed by atoms with van der Waals surface area (Å²) in [5.74, 6) is 1.76. The summed E-state index contributed by atoms with van der Waals surface area (Å²) in [6.45, 7) is 1.51. The van der Waals surface area contributed by atoms with Crippen molar-refractivity contribution in [2.75, 3.05) is 13.1 Å². The molecule has 5 aliphatic carbocycles. The largest absolute Gasteiger partial charge is 0.353 e. The fourth-order valence-electron chi connectivity index (χ4n) is 7.49. The number of hydrogen-bond donors (Lipinski definition) is 2. The number of hydrogen-bond acceptors (Lipinski definition) is 2. The number of carbonyl (C=O) groups excluding carboxylic acids is 2. The van der Waals surface area contributed by atoms with Crippen LogP contribution < -0.4 is 10.6 Å². The van der Waals surface area contributed by atoms with Gasteiger partial charge in [-0.2, -0.15) is 0 Å². The smallest absolute Gasteiger partial charge is 0.317 e. The topological polar surface area (TPSA) is 61.4 Å². The Morgan fingerprint density at radius 3 is 2.07 bits per heavy atom. The predicted octanol–water partition coefficient (Wildman–Crippen LogP) is 4.34. The molecule has 5 nitrogen and oxygen atoms in total. The van der Waals surface area contributed by atoms with Crippen LogP contribution in [-0.2, 0) is 4.79 Å². The van der Waals surface area contributed by atoms with E-state index in [-0.39, 0.29) is 21.8 Å². The molecule has 1 saturated heterocycles. The first-order valence-electron chi connectivity index (χ1n) is 12.0. The van der Waals surface area contributed by atoms with Crippen LogP contribution in [0.1, 0.15) is 83.5 Å². The zero-order valence-electron chi connectivity index (χ0n) is 17.6. The van der Waals surface area contributed by atoms with E-state index in [9.17, 15) is 9.59 Å². The molecule has 2 atom stereocenters. The summed E-state index contributed by atoms with van der Waals surface area (Å²) in [6, 6.07) is 0.686. The maximum atomic E-state index is 13.4. The van der Waals surface area contributed by atoms with E-state index in [1.807, 2.05) is 4.90 Å². The van der Waals surface area contributed by atoms with Gasteiger partial charge in [0.15, 0.2) is 0 Å². The minimum Gasteiger partial charge on any atom is -0.353 e. The van der Waals surface area contributed by atoms with Gasteiger partial charge in [-0.15, -0.1) is 0 Å². The van der Waals surface area contributed by atoms with E-state index in [1.165, 1.54) is 38.5 Å². The Morgan fingerprint density at radius 2 is 1.45 bits per heavy atom. The average Bonchev–Trinajstić information content (AvgIpc) is 2.67. The molecule has 4 bridgehead atoms. The summed E-state index contributed by atoms with van der Waals surface area (Å²) in [6.07, 6.45) is 14.8. The summed E-state index contributed by atoms with van der Waals surface area (Å²) in [7, 11) is 0. The number of likely N-dealkylation sites (tertiary alicyclic amines) is 1. The highest BCUT2D eigenvalue weighted by atomic mass is 79.9. The lowest BCUT2D eigenvalue weighted by Gasteiger charge is -2.59. The molecular formula is C23H36BrN3O2. The molecular weight excluding hydrogens is 430 g/mol. The third-order valence-electron chi connectivity index (χ3n) is 8.52. The molecule has 0 aromatic carbocycles. The highest BCUT2D eigenvalue weighted by Gasteiger charge is 2.59. The van der Waals surface area contributed by atoms with E-state index in [1.54, 1.807) is 0 Å². The van der Waals surface area contributed by atoms with Gasteiger partial charge in [0, 0.05) is 29.5 Å². The molecule has 6 rings (SSSR count). The van der Waals surface area contributed by atoms with Gasteiger partial charge in [0.2, 0.25) is 5.91 Å². The number of nitrogens with one attached hydrogen (secondary N) is 2. The molecule has 5 saturated carbocycles. The molecule has 1 aliphatic heterocycles. The highest BCUT2D eigenvalue weighted by molar-refractivity contribution is 9.10. The second-order valence-electron chi connectivity index (χ2n) is 10.9. The maximum absolute atomic E-state index is 13.4. The lowest BCUT2D eigenvalue weighted by molar-refractivity contribution is -0.145. The predicted molar refractivity (Wildman–Crippen MR) is 117 cm³/mol. The number of urea groups is 1. The van der Waals surface area contributed by atoms with Gasteiger partial charge in [0.25, 0.3) is 0 Å². The van der Waals surface area contributed by atoms with Crippen LogP contribution in [0.25, 0.3) is 0 Å². The van der Waals surface area contributed by atoms with Crippen molar-refractivity contribution < 1.29 is 9.59 Å². The van der Waals surface area contributed by atoms with Crippen LogP contribution in [0.5, 0.6) is 0 Å². The van der Waals surface area contributed by atoms with Crippen molar-refractivity contribution in [2.24, 2.45) is 17.3 Å². The summed E-state index contributed by atoms with van der Waals surface area (Å²) >= 11 is 4.02. The highest BCUT2D eigenvalue weighted by Crippen LogP contribution is 2.64. The number of rotatable bonds is 3. The number of amides is 3.